The first kappa shape index (κ1) is 30.3. The fraction of sp³-hybridized carbons (Fsp3) is 0.0189. The zero-order valence-corrected chi connectivity index (χ0v) is 29.9. The highest BCUT2D eigenvalue weighted by molar-refractivity contribution is 6.21. The van der Waals surface area contributed by atoms with Gasteiger partial charge in [-0.2, -0.15) is 0 Å². The van der Waals surface area contributed by atoms with Crippen LogP contribution in [0.25, 0.3) is 88.5 Å². The quantitative estimate of drug-likeness (QED) is 0.136. The second-order valence-electron chi connectivity index (χ2n) is 14.8. The largest absolute Gasteiger partial charge is 0.228 e. The van der Waals surface area contributed by atoms with E-state index in [1.54, 1.807) is 0 Å². The molecule has 0 radical (unpaired) electrons. The van der Waals surface area contributed by atoms with Gasteiger partial charge in [0.05, 0.1) is 16.8 Å². The topological polar surface area (TPSA) is 25.8 Å². The molecule has 2 aliphatic carbocycles. The maximum absolute atomic E-state index is 5.65. The molecule has 0 bridgehead atoms. The minimum atomic E-state index is -0.433. The van der Waals surface area contributed by atoms with Crippen molar-refractivity contribution in [3.05, 3.63) is 216 Å². The molecule has 0 aliphatic heterocycles. The Morgan fingerprint density at radius 3 is 1.64 bits per heavy atom. The van der Waals surface area contributed by atoms with Crippen molar-refractivity contribution in [2.24, 2.45) is 0 Å². The maximum Gasteiger partial charge on any atom is 0.161 e. The van der Waals surface area contributed by atoms with Gasteiger partial charge in [-0.3, -0.25) is 0 Å². The first-order chi connectivity index (χ1) is 27.3. The highest BCUT2D eigenvalue weighted by Crippen LogP contribution is 2.64. The SMILES string of the molecule is c1ccc(-c2cc(-c3cccc4c3-c3ccccc3C43c4ccccc4-c4ccccc43)nc(-c3c4ccccc4cc4ccc5ccccc5c34)n2)cc1. The van der Waals surface area contributed by atoms with Crippen molar-refractivity contribution in [2.45, 2.75) is 5.41 Å². The lowest BCUT2D eigenvalue weighted by molar-refractivity contribution is 0.794. The smallest absolute Gasteiger partial charge is 0.161 e. The van der Waals surface area contributed by atoms with Gasteiger partial charge in [-0.25, -0.2) is 9.97 Å². The summed E-state index contributed by atoms with van der Waals surface area (Å²) in [6.45, 7) is 0. The lowest BCUT2D eigenvalue weighted by Crippen LogP contribution is -2.25. The molecule has 12 rings (SSSR count). The highest BCUT2D eigenvalue weighted by atomic mass is 14.9. The Kier molecular flexibility index (Phi) is 6.29. The van der Waals surface area contributed by atoms with Gasteiger partial charge in [0.25, 0.3) is 0 Å². The molecule has 0 amide bonds. The van der Waals surface area contributed by atoms with E-state index in [1.807, 2.05) is 0 Å². The summed E-state index contributed by atoms with van der Waals surface area (Å²) in [5, 5.41) is 7.07. The average Bonchev–Trinajstić information content (AvgIpc) is 3.73. The fourth-order valence-corrected chi connectivity index (χ4v) is 9.88. The van der Waals surface area contributed by atoms with Gasteiger partial charge in [-0.05, 0) is 83.6 Å². The third-order valence-corrected chi connectivity index (χ3v) is 12.1. The zero-order valence-electron chi connectivity index (χ0n) is 29.9. The molecule has 0 saturated carbocycles. The molecule has 254 valence electrons. The predicted molar refractivity (Wildman–Crippen MR) is 227 cm³/mol. The summed E-state index contributed by atoms with van der Waals surface area (Å²) in [5.41, 5.74) is 15.0. The van der Waals surface area contributed by atoms with Crippen LogP contribution in [0.1, 0.15) is 22.3 Å². The van der Waals surface area contributed by atoms with Crippen LogP contribution in [0.2, 0.25) is 0 Å². The Hall–Kier alpha value is -7.16. The number of aromatic nitrogens is 2. The Bertz CT molecular complexity index is 3170. The van der Waals surface area contributed by atoms with Gasteiger partial charge in [0.15, 0.2) is 5.82 Å². The molecule has 1 aromatic heterocycles. The van der Waals surface area contributed by atoms with Crippen LogP contribution in [0.15, 0.2) is 194 Å². The Morgan fingerprint density at radius 1 is 0.327 bits per heavy atom. The van der Waals surface area contributed by atoms with E-state index in [-0.39, 0.29) is 0 Å². The van der Waals surface area contributed by atoms with E-state index >= 15 is 0 Å². The molecule has 0 fully saturated rings. The minimum absolute atomic E-state index is 0.433. The molecule has 9 aromatic carbocycles. The number of hydrogen-bond acceptors (Lipinski definition) is 2. The number of rotatable bonds is 3. The number of nitrogens with zero attached hydrogens (tertiary/aromatic N) is 2. The molecule has 1 heterocycles. The van der Waals surface area contributed by atoms with Crippen molar-refractivity contribution in [2.75, 3.05) is 0 Å². The summed E-state index contributed by atoms with van der Waals surface area (Å²) < 4.78 is 0. The van der Waals surface area contributed by atoms with Gasteiger partial charge in [-0.1, -0.05) is 182 Å². The van der Waals surface area contributed by atoms with E-state index in [9.17, 15) is 0 Å². The Morgan fingerprint density at radius 2 is 0.873 bits per heavy atom. The lowest BCUT2D eigenvalue weighted by atomic mass is 9.70. The predicted octanol–water partition coefficient (Wildman–Crippen LogP) is 13.3. The van der Waals surface area contributed by atoms with Crippen LogP contribution in [0.5, 0.6) is 0 Å². The molecule has 0 N–H and O–H groups in total. The summed E-state index contributed by atoms with van der Waals surface area (Å²) in [5.74, 6) is 0.727. The van der Waals surface area contributed by atoms with Gasteiger partial charge in [-0.15, -0.1) is 0 Å². The van der Waals surface area contributed by atoms with Crippen LogP contribution in [0, 0.1) is 0 Å². The molecule has 2 aliphatic rings. The molecule has 2 nitrogen and oxygen atoms in total. The summed E-state index contributed by atoms with van der Waals surface area (Å²) in [7, 11) is 0. The van der Waals surface area contributed by atoms with Crippen molar-refractivity contribution >= 4 is 32.3 Å². The normalized spacial score (nSPS) is 13.2. The molecule has 2 heteroatoms. The molecule has 0 unspecified atom stereocenters. The standard InChI is InChI=1S/C53H32N2/c1-2-16-34(17-3-1)47-32-48(55-52(54-47)51-38-20-7-5-18-35(38)31-36-30-29-33-15-4-6-19-37(33)49(36)51)42-24-14-28-46-50(42)41-23-10-13-27-45(41)53(46)43-25-11-8-21-39(43)40-22-9-12-26-44(40)53/h1-32H. The van der Waals surface area contributed by atoms with Gasteiger partial charge < -0.3 is 0 Å². The summed E-state index contributed by atoms with van der Waals surface area (Å²) in [6, 6.07) is 70.7. The van der Waals surface area contributed by atoms with Crippen molar-refractivity contribution in [1.29, 1.82) is 0 Å². The fourth-order valence-electron chi connectivity index (χ4n) is 9.88. The number of benzene rings is 9. The van der Waals surface area contributed by atoms with E-state index in [0.29, 0.717) is 0 Å². The van der Waals surface area contributed by atoms with Crippen molar-refractivity contribution in [3.63, 3.8) is 0 Å². The maximum atomic E-state index is 5.65. The third-order valence-electron chi connectivity index (χ3n) is 12.1. The highest BCUT2D eigenvalue weighted by Gasteiger charge is 2.52. The summed E-state index contributed by atoms with van der Waals surface area (Å²) in [4.78, 5) is 11.1. The minimum Gasteiger partial charge on any atom is -0.228 e. The van der Waals surface area contributed by atoms with Gasteiger partial charge >= 0.3 is 0 Å². The first-order valence-corrected chi connectivity index (χ1v) is 19.0. The van der Waals surface area contributed by atoms with Crippen LogP contribution in [0.4, 0.5) is 0 Å². The van der Waals surface area contributed by atoms with Crippen LogP contribution in [-0.2, 0) is 5.41 Å². The zero-order chi connectivity index (χ0) is 36.1. The van der Waals surface area contributed by atoms with Gasteiger partial charge in [0.1, 0.15) is 0 Å². The molecule has 0 atom stereocenters. The van der Waals surface area contributed by atoms with Crippen LogP contribution < -0.4 is 0 Å². The van der Waals surface area contributed by atoms with Crippen molar-refractivity contribution in [1.82, 2.24) is 9.97 Å². The molecular formula is C53H32N2. The number of hydrogen-bond donors (Lipinski definition) is 0. The summed E-state index contributed by atoms with van der Waals surface area (Å²) >= 11 is 0. The van der Waals surface area contributed by atoms with E-state index in [1.165, 1.54) is 71.4 Å². The monoisotopic (exact) mass is 696 g/mol. The van der Waals surface area contributed by atoms with Gasteiger partial charge in [0, 0.05) is 22.1 Å². The van der Waals surface area contributed by atoms with Crippen molar-refractivity contribution < 1.29 is 0 Å². The Labute approximate surface area is 319 Å². The second-order valence-corrected chi connectivity index (χ2v) is 14.8. The first-order valence-electron chi connectivity index (χ1n) is 19.0. The van der Waals surface area contributed by atoms with E-state index in [0.717, 1.165) is 39.3 Å². The van der Waals surface area contributed by atoms with Crippen molar-refractivity contribution in [3.8, 4) is 56.2 Å². The number of fused-ring (bicyclic) bond motifs is 14. The molecule has 10 aromatic rings. The van der Waals surface area contributed by atoms with Crippen LogP contribution >= 0.6 is 0 Å². The second kappa shape index (κ2) is 11.4. The van der Waals surface area contributed by atoms with E-state index in [2.05, 4.69) is 194 Å². The van der Waals surface area contributed by atoms with E-state index < -0.39 is 5.41 Å². The van der Waals surface area contributed by atoms with E-state index in [4.69, 9.17) is 9.97 Å². The Balaban J connectivity index is 1.20. The molecule has 1 spiro atoms. The van der Waals surface area contributed by atoms with Crippen LogP contribution in [-0.4, -0.2) is 9.97 Å². The molecular weight excluding hydrogens is 665 g/mol. The molecule has 55 heavy (non-hydrogen) atoms. The summed E-state index contributed by atoms with van der Waals surface area (Å²) in [6.07, 6.45) is 0. The van der Waals surface area contributed by atoms with Gasteiger partial charge in [0.2, 0.25) is 0 Å². The third kappa shape index (κ3) is 4.14. The molecule has 0 saturated heterocycles. The lowest BCUT2D eigenvalue weighted by Gasteiger charge is -2.30. The van der Waals surface area contributed by atoms with Crippen LogP contribution in [0.3, 0.4) is 0 Å². The average molecular weight is 697 g/mol.